The summed E-state index contributed by atoms with van der Waals surface area (Å²) < 4.78 is 144. The average molecular weight is 699 g/mol. The monoisotopic (exact) mass is 698 g/mol. The van der Waals surface area contributed by atoms with E-state index in [-0.39, 0.29) is 36.5 Å². The van der Waals surface area contributed by atoms with Crippen molar-refractivity contribution in [3.8, 4) is 0 Å². The van der Waals surface area contributed by atoms with Crippen LogP contribution in [0.15, 0.2) is 24.5 Å². The lowest BCUT2D eigenvalue weighted by Gasteiger charge is -2.36. The molecule has 43 heavy (non-hydrogen) atoms. The third-order valence-corrected chi connectivity index (χ3v) is 10.9. The van der Waals surface area contributed by atoms with Crippen molar-refractivity contribution in [1.29, 1.82) is 0 Å². The first-order valence-corrected chi connectivity index (χ1v) is 17.6. The number of carbonyl (C=O) groups is 1. The summed E-state index contributed by atoms with van der Waals surface area (Å²) in [5.41, 5.74) is -1.58. The van der Waals surface area contributed by atoms with E-state index in [9.17, 15) is 48.0 Å². The molecule has 0 bridgehead atoms. The van der Waals surface area contributed by atoms with Gasteiger partial charge in [-0.3, -0.25) is 13.9 Å². The minimum absolute atomic E-state index is 0.0818. The first-order chi connectivity index (χ1) is 19.8. The van der Waals surface area contributed by atoms with E-state index in [1.165, 1.54) is 0 Å². The Bertz CT molecular complexity index is 1400. The number of thioether (sulfide) groups is 2. The van der Waals surface area contributed by atoms with Crippen molar-refractivity contribution in [2.24, 2.45) is 11.8 Å². The van der Waals surface area contributed by atoms with Gasteiger partial charge in [0.15, 0.2) is 0 Å². The van der Waals surface area contributed by atoms with Gasteiger partial charge in [-0.2, -0.15) is 54.9 Å². The lowest BCUT2D eigenvalue weighted by Crippen LogP contribution is -2.36. The fraction of sp³-hybridized carbons (Fsp3) is 0.591. The summed E-state index contributed by atoms with van der Waals surface area (Å²) in [5, 5.41) is -2.41. The molecule has 21 heteroatoms. The predicted octanol–water partition coefficient (Wildman–Crippen LogP) is 4.31. The van der Waals surface area contributed by atoms with E-state index < -0.39 is 89.6 Å². The number of rotatable bonds is 12. The van der Waals surface area contributed by atoms with E-state index in [1.807, 2.05) is 0 Å². The third kappa shape index (κ3) is 10.5. The molecule has 0 radical (unpaired) electrons. The van der Waals surface area contributed by atoms with Crippen molar-refractivity contribution in [3.05, 3.63) is 47.6 Å². The van der Waals surface area contributed by atoms with Crippen molar-refractivity contribution in [3.63, 3.8) is 0 Å². The second-order valence-electron chi connectivity index (χ2n) is 9.30. The van der Waals surface area contributed by atoms with Gasteiger partial charge in [-0.05, 0) is 25.0 Å². The molecule has 240 valence electrons. The van der Waals surface area contributed by atoms with Gasteiger partial charge in [0.2, 0.25) is 5.82 Å². The number of aromatic nitrogens is 4. The summed E-state index contributed by atoms with van der Waals surface area (Å²) in [7, 11) is -8.96. The van der Waals surface area contributed by atoms with Crippen LogP contribution in [0.2, 0.25) is 0 Å². The number of hydrogen-bond acceptors (Lipinski definition) is 11. The molecule has 1 fully saturated rings. The van der Waals surface area contributed by atoms with Crippen LogP contribution in [-0.4, -0.2) is 74.7 Å². The maximum Gasteiger partial charge on any atom is 0.451 e. The highest BCUT2D eigenvalue weighted by Gasteiger charge is 2.44. The summed E-state index contributed by atoms with van der Waals surface area (Å²) >= 11 is 1.47. The Morgan fingerprint density at radius 2 is 1.35 bits per heavy atom. The van der Waals surface area contributed by atoms with E-state index in [0.29, 0.717) is 6.07 Å². The normalized spacial score (nSPS) is 20.1. The van der Waals surface area contributed by atoms with Gasteiger partial charge in [0.1, 0.15) is 17.3 Å². The lowest BCUT2D eigenvalue weighted by molar-refractivity contribution is -0.145. The minimum atomic E-state index is -4.95. The van der Waals surface area contributed by atoms with Crippen LogP contribution in [0.3, 0.4) is 0 Å². The molecule has 2 N–H and O–H groups in total. The average Bonchev–Trinajstić information content (AvgIpc) is 2.88. The second-order valence-corrected chi connectivity index (χ2v) is 14.9. The van der Waals surface area contributed by atoms with Crippen molar-refractivity contribution in [2.75, 3.05) is 23.0 Å². The zero-order valence-corrected chi connectivity index (χ0v) is 25.0. The highest BCUT2D eigenvalue weighted by molar-refractivity contribution is 8.00. The first kappa shape index (κ1) is 35.4. The van der Waals surface area contributed by atoms with Gasteiger partial charge >= 0.3 is 12.4 Å². The van der Waals surface area contributed by atoms with E-state index in [4.69, 9.17) is 9.11 Å². The summed E-state index contributed by atoms with van der Waals surface area (Å²) in [4.78, 5) is 28.1. The SMILES string of the molecule is O=C1C(C(SCCS(=O)(=O)O)c2ccnc(C(F)(F)F)n2)CCCC1C(SCCS(=O)(=O)O)c1nccc(C(F)(F)F)n1. The summed E-state index contributed by atoms with van der Waals surface area (Å²) in [5.74, 6) is -7.11. The molecule has 0 saturated heterocycles. The van der Waals surface area contributed by atoms with Crippen molar-refractivity contribution in [2.45, 2.75) is 42.1 Å². The van der Waals surface area contributed by atoms with Gasteiger partial charge in [-0.25, -0.2) is 19.9 Å². The Morgan fingerprint density at radius 3 is 1.88 bits per heavy atom. The largest absolute Gasteiger partial charge is 0.451 e. The molecule has 4 atom stereocenters. The van der Waals surface area contributed by atoms with Gasteiger partial charge in [0, 0.05) is 35.7 Å². The number of Topliss-reactive ketones (excluding diaryl/α,β-unsaturated/α-hetero) is 1. The van der Waals surface area contributed by atoms with Crippen LogP contribution in [0.4, 0.5) is 26.3 Å². The van der Waals surface area contributed by atoms with E-state index in [2.05, 4.69) is 19.9 Å². The van der Waals surface area contributed by atoms with Gasteiger partial charge in [0.05, 0.1) is 27.7 Å². The quantitative estimate of drug-likeness (QED) is 0.237. The summed E-state index contributed by atoms with van der Waals surface area (Å²) in [6.45, 7) is 0. The van der Waals surface area contributed by atoms with Gasteiger partial charge in [-0.15, -0.1) is 11.8 Å². The molecule has 0 spiro atoms. The molecule has 0 aromatic carbocycles. The zero-order chi connectivity index (χ0) is 32.2. The Morgan fingerprint density at radius 1 is 0.814 bits per heavy atom. The van der Waals surface area contributed by atoms with Crippen LogP contribution in [0.1, 0.15) is 52.8 Å². The molecule has 1 saturated carbocycles. The Labute approximate surface area is 250 Å². The summed E-state index contributed by atoms with van der Waals surface area (Å²) in [6, 6.07) is 1.72. The predicted molar refractivity (Wildman–Crippen MR) is 143 cm³/mol. The van der Waals surface area contributed by atoms with E-state index in [1.54, 1.807) is 0 Å². The lowest BCUT2D eigenvalue weighted by atomic mass is 9.76. The maximum absolute atomic E-state index is 13.9. The highest BCUT2D eigenvalue weighted by atomic mass is 32.2. The van der Waals surface area contributed by atoms with E-state index >= 15 is 0 Å². The van der Waals surface area contributed by atoms with Crippen molar-refractivity contribution < 1.29 is 57.1 Å². The van der Waals surface area contributed by atoms with Crippen LogP contribution in [0.5, 0.6) is 0 Å². The molecular formula is C22H24F6N4O7S4. The molecule has 1 aliphatic rings. The first-order valence-electron chi connectivity index (χ1n) is 12.2. The Hall–Kier alpha value is -2.07. The molecule has 2 heterocycles. The number of hydrogen-bond donors (Lipinski definition) is 2. The van der Waals surface area contributed by atoms with Gasteiger partial charge in [-0.1, -0.05) is 6.42 Å². The fourth-order valence-electron chi connectivity index (χ4n) is 4.39. The second kappa shape index (κ2) is 13.9. The fourth-order valence-corrected chi connectivity index (χ4v) is 8.93. The van der Waals surface area contributed by atoms with Crippen LogP contribution in [0, 0.1) is 11.8 Å². The third-order valence-electron chi connectivity index (χ3n) is 6.21. The van der Waals surface area contributed by atoms with Crippen LogP contribution in [0.25, 0.3) is 0 Å². The number of carbonyl (C=O) groups excluding carboxylic acids is 1. The zero-order valence-electron chi connectivity index (χ0n) is 21.7. The van der Waals surface area contributed by atoms with Crippen LogP contribution < -0.4 is 0 Å². The summed E-state index contributed by atoms with van der Waals surface area (Å²) in [6.07, 6.45) is -7.76. The van der Waals surface area contributed by atoms with Crippen molar-refractivity contribution in [1.82, 2.24) is 19.9 Å². The molecule has 2 aromatic rings. The molecule has 0 aliphatic heterocycles. The molecule has 4 unspecified atom stereocenters. The topological polar surface area (TPSA) is 177 Å². The number of alkyl halides is 6. The minimum Gasteiger partial charge on any atom is -0.299 e. The maximum atomic E-state index is 13.9. The molecule has 0 amide bonds. The van der Waals surface area contributed by atoms with Crippen LogP contribution >= 0.6 is 23.5 Å². The highest BCUT2D eigenvalue weighted by Crippen LogP contribution is 2.48. The molecule has 1 aliphatic carbocycles. The Balaban J connectivity index is 2.02. The van der Waals surface area contributed by atoms with Gasteiger partial charge < -0.3 is 0 Å². The smallest absolute Gasteiger partial charge is 0.299 e. The van der Waals surface area contributed by atoms with Crippen LogP contribution in [-0.2, 0) is 37.4 Å². The van der Waals surface area contributed by atoms with E-state index in [0.717, 1.165) is 42.0 Å². The number of nitrogens with zero attached hydrogens (tertiary/aromatic N) is 4. The molecule has 11 nitrogen and oxygen atoms in total. The standard InChI is InChI=1S/C22H24F6N4O7S4/c23-21(24,25)15-5-7-29-19(32-15)18(41-9-11-43(37,38)39)13-3-1-2-12(16(13)33)17(40-8-10-42(34,35)36)14-4-6-30-20(31-14)22(26,27)28/h4-7,12-13,17-18H,1-3,8-11H2,(H,34,35,36)(H,37,38,39). The van der Waals surface area contributed by atoms with Crippen molar-refractivity contribution >= 4 is 49.5 Å². The number of halogens is 6. The Kier molecular flexibility index (Phi) is 11.5. The van der Waals surface area contributed by atoms with Gasteiger partial charge in [0.25, 0.3) is 20.2 Å². The molecule has 2 aromatic heterocycles. The molecular weight excluding hydrogens is 675 g/mol. The molecule has 3 rings (SSSR count). The number of ketones is 1.